The van der Waals surface area contributed by atoms with Crippen LogP contribution in [0.2, 0.25) is 0 Å². The lowest BCUT2D eigenvalue weighted by Crippen LogP contribution is -2.24. The molecule has 0 unspecified atom stereocenters. The maximum atomic E-state index is 12.3. The monoisotopic (exact) mass is 314 g/mol. The molecule has 1 N–H and O–H groups in total. The van der Waals surface area contributed by atoms with E-state index in [0.717, 1.165) is 23.3 Å². The highest BCUT2D eigenvalue weighted by Crippen LogP contribution is 2.26. The number of nitrogens with one attached hydrogen (secondary N) is 1. The number of fused-ring (bicyclic) bond motifs is 1. The van der Waals surface area contributed by atoms with Crippen molar-refractivity contribution >= 4 is 10.0 Å². The van der Waals surface area contributed by atoms with Gasteiger partial charge in [-0.15, -0.1) is 0 Å². The van der Waals surface area contributed by atoms with Crippen LogP contribution in [0.25, 0.3) is 0 Å². The van der Waals surface area contributed by atoms with Gasteiger partial charge in [0.15, 0.2) is 0 Å². The quantitative estimate of drug-likeness (QED) is 0.936. The van der Waals surface area contributed by atoms with Gasteiger partial charge in [0.25, 0.3) is 0 Å². The summed E-state index contributed by atoms with van der Waals surface area (Å²) in [5.41, 5.74) is 2.09. The van der Waals surface area contributed by atoms with Crippen LogP contribution in [-0.4, -0.2) is 15.0 Å². The summed E-state index contributed by atoms with van der Waals surface area (Å²) in [6.45, 7) is 0.843. The van der Waals surface area contributed by atoms with Crippen molar-refractivity contribution in [1.29, 1.82) is 5.26 Å². The van der Waals surface area contributed by atoms with Crippen LogP contribution in [0.3, 0.4) is 0 Å². The first-order valence-electron chi connectivity index (χ1n) is 6.83. The molecule has 3 rings (SSSR count). The summed E-state index contributed by atoms with van der Waals surface area (Å²) >= 11 is 0. The molecule has 1 aliphatic heterocycles. The molecule has 2 aromatic rings. The first-order valence-corrected chi connectivity index (χ1v) is 8.32. The van der Waals surface area contributed by atoms with Gasteiger partial charge in [0.1, 0.15) is 11.8 Å². The number of sulfonamides is 1. The van der Waals surface area contributed by atoms with E-state index < -0.39 is 10.0 Å². The minimum absolute atomic E-state index is 0.00185. The molecular formula is C16H14N2O3S. The van der Waals surface area contributed by atoms with Crippen molar-refractivity contribution in [1.82, 2.24) is 4.72 Å². The molecule has 0 saturated heterocycles. The molecule has 0 spiro atoms. The fourth-order valence-electron chi connectivity index (χ4n) is 2.40. The van der Waals surface area contributed by atoms with Crippen molar-refractivity contribution in [2.75, 3.05) is 6.61 Å². The Kier molecular flexibility index (Phi) is 3.84. The van der Waals surface area contributed by atoms with E-state index in [1.165, 1.54) is 12.1 Å². The highest BCUT2D eigenvalue weighted by Gasteiger charge is 2.18. The van der Waals surface area contributed by atoms with Gasteiger partial charge in [0.05, 0.1) is 17.1 Å². The minimum atomic E-state index is -3.72. The minimum Gasteiger partial charge on any atom is -0.493 e. The SMILES string of the molecule is N#Cc1ccccc1S(=O)(=O)NCc1ccc2c(c1)CCO2. The second-order valence-electron chi connectivity index (χ2n) is 4.97. The van der Waals surface area contributed by atoms with Crippen LogP contribution in [0, 0.1) is 11.3 Å². The lowest BCUT2D eigenvalue weighted by molar-refractivity contribution is 0.357. The van der Waals surface area contributed by atoms with E-state index in [1.807, 2.05) is 24.3 Å². The number of rotatable bonds is 4. The third-order valence-corrected chi connectivity index (χ3v) is 4.98. The van der Waals surface area contributed by atoms with Crippen molar-refractivity contribution in [2.24, 2.45) is 0 Å². The van der Waals surface area contributed by atoms with E-state index in [9.17, 15) is 8.42 Å². The third kappa shape index (κ3) is 2.82. The molecule has 0 atom stereocenters. The van der Waals surface area contributed by atoms with Gasteiger partial charge in [-0.3, -0.25) is 0 Å². The summed E-state index contributed by atoms with van der Waals surface area (Å²) in [5, 5.41) is 9.02. The van der Waals surface area contributed by atoms with E-state index in [4.69, 9.17) is 10.00 Å². The molecule has 6 heteroatoms. The predicted octanol–water partition coefficient (Wildman–Crippen LogP) is 1.97. The fourth-order valence-corrected chi connectivity index (χ4v) is 3.57. The Labute approximate surface area is 129 Å². The highest BCUT2D eigenvalue weighted by molar-refractivity contribution is 7.89. The molecule has 1 heterocycles. The van der Waals surface area contributed by atoms with Crippen molar-refractivity contribution in [3.63, 3.8) is 0 Å². The summed E-state index contributed by atoms with van der Waals surface area (Å²) in [6.07, 6.45) is 0.840. The lowest BCUT2D eigenvalue weighted by atomic mass is 10.1. The Morgan fingerprint density at radius 2 is 2.05 bits per heavy atom. The second kappa shape index (κ2) is 5.79. The molecule has 0 saturated carbocycles. The van der Waals surface area contributed by atoms with Crippen LogP contribution in [0.5, 0.6) is 5.75 Å². The average molecular weight is 314 g/mol. The molecule has 0 fully saturated rings. The van der Waals surface area contributed by atoms with Gasteiger partial charge < -0.3 is 4.74 Å². The highest BCUT2D eigenvalue weighted by atomic mass is 32.2. The van der Waals surface area contributed by atoms with Crippen LogP contribution in [0.1, 0.15) is 16.7 Å². The number of nitriles is 1. The van der Waals surface area contributed by atoms with E-state index >= 15 is 0 Å². The maximum absolute atomic E-state index is 12.3. The summed E-state index contributed by atoms with van der Waals surface area (Å²) < 4.78 is 32.6. The first kappa shape index (κ1) is 14.6. The summed E-state index contributed by atoms with van der Waals surface area (Å²) in [4.78, 5) is 0.00185. The van der Waals surface area contributed by atoms with Crippen LogP contribution in [0.15, 0.2) is 47.4 Å². The Bertz CT molecular complexity index is 854. The lowest BCUT2D eigenvalue weighted by Gasteiger charge is -2.09. The van der Waals surface area contributed by atoms with Gasteiger partial charge in [-0.05, 0) is 29.3 Å². The molecule has 5 nitrogen and oxygen atoms in total. The summed E-state index contributed by atoms with van der Waals surface area (Å²) in [6, 6.07) is 13.7. The molecule has 0 bridgehead atoms. The fraction of sp³-hybridized carbons (Fsp3) is 0.188. The van der Waals surface area contributed by atoms with Gasteiger partial charge in [-0.1, -0.05) is 24.3 Å². The van der Waals surface area contributed by atoms with Gasteiger partial charge in [0.2, 0.25) is 10.0 Å². The Morgan fingerprint density at radius 1 is 1.23 bits per heavy atom. The normalized spacial score (nSPS) is 13.2. The van der Waals surface area contributed by atoms with Gasteiger partial charge in [0, 0.05) is 13.0 Å². The Hall–Kier alpha value is -2.36. The third-order valence-electron chi connectivity index (χ3n) is 3.52. The Balaban J connectivity index is 1.79. The van der Waals surface area contributed by atoms with Gasteiger partial charge in [-0.25, -0.2) is 13.1 Å². The molecule has 22 heavy (non-hydrogen) atoms. The van der Waals surface area contributed by atoms with Crippen molar-refractivity contribution in [3.8, 4) is 11.8 Å². The van der Waals surface area contributed by atoms with Crippen LogP contribution in [0.4, 0.5) is 0 Å². The van der Waals surface area contributed by atoms with E-state index in [-0.39, 0.29) is 17.0 Å². The second-order valence-corrected chi connectivity index (χ2v) is 6.71. The number of benzene rings is 2. The van der Waals surface area contributed by atoms with Crippen molar-refractivity contribution < 1.29 is 13.2 Å². The molecule has 112 valence electrons. The number of hydrogen-bond acceptors (Lipinski definition) is 4. The topological polar surface area (TPSA) is 79.2 Å². The van der Waals surface area contributed by atoms with Crippen LogP contribution >= 0.6 is 0 Å². The molecular weight excluding hydrogens is 300 g/mol. The van der Waals surface area contributed by atoms with E-state index in [1.54, 1.807) is 12.1 Å². The smallest absolute Gasteiger partial charge is 0.242 e. The van der Waals surface area contributed by atoms with Gasteiger partial charge >= 0.3 is 0 Å². The van der Waals surface area contributed by atoms with Crippen LogP contribution in [-0.2, 0) is 23.0 Å². The van der Waals surface area contributed by atoms with E-state index in [0.29, 0.717) is 6.61 Å². The molecule has 0 aliphatic carbocycles. The van der Waals surface area contributed by atoms with Gasteiger partial charge in [-0.2, -0.15) is 5.26 Å². The average Bonchev–Trinajstić information content (AvgIpc) is 3.00. The molecule has 0 aromatic heterocycles. The summed E-state index contributed by atoms with van der Waals surface area (Å²) in [7, 11) is -3.72. The summed E-state index contributed by atoms with van der Waals surface area (Å²) in [5.74, 6) is 0.862. The molecule has 1 aliphatic rings. The zero-order valence-electron chi connectivity index (χ0n) is 11.7. The van der Waals surface area contributed by atoms with Crippen molar-refractivity contribution in [3.05, 3.63) is 59.2 Å². The number of nitrogens with zero attached hydrogens (tertiary/aromatic N) is 1. The predicted molar refractivity (Wildman–Crippen MR) is 80.8 cm³/mol. The standard InChI is InChI=1S/C16H14N2O3S/c17-10-14-3-1-2-4-16(14)22(19,20)18-11-12-5-6-15-13(9-12)7-8-21-15/h1-6,9,18H,7-8,11H2. The molecule has 0 amide bonds. The maximum Gasteiger partial charge on any atom is 0.242 e. The van der Waals surface area contributed by atoms with E-state index in [2.05, 4.69) is 4.72 Å². The largest absolute Gasteiger partial charge is 0.493 e. The zero-order chi connectivity index (χ0) is 15.6. The molecule has 0 radical (unpaired) electrons. The van der Waals surface area contributed by atoms with Crippen LogP contribution < -0.4 is 9.46 Å². The number of ether oxygens (including phenoxy) is 1. The molecule has 2 aromatic carbocycles. The first-order chi connectivity index (χ1) is 10.6. The number of hydrogen-bond donors (Lipinski definition) is 1. The van der Waals surface area contributed by atoms with Crippen molar-refractivity contribution in [2.45, 2.75) is 17.9 Å². The Morgan fingerprint density at radius 3 is 2.86 bits per heavy atom. The zero-order valence-corrected chi connectivity index (χ0v) is 12.6.